The third-order valence-corrected chi connectivity index (χ3v) is 2.82. The summed E-state index contributed by atoms with van der Waals surface area (Å²) in [6.45, 7) is 9.95. The molecule has 10 heavy (non-hydrogen) atoms. The standard InChI is InChI=1S/C9H18O/c1-5-9(6-7-10-9)8(2,3)4/h5-7H2,1-4H3. The lowest BCUT2D eigenvalue weighted by Gasteiger charge is -2.51. The molecule has 1 rings (SSSR count). The molecule has 1 unspecified atom stereocenters. The van der Waals surface area contributed by atoms with E-state index in [1.807, 2.05) is 0 Å². The van der Waals surface area contributed by atoms with E-state index in [0.717, 1.165) is 13.0 Å². The van der Waals surface area contributed by atoms with Crippen LogP contribution in [0.4, 0.5) is 0 Å². The third kappa shape index (κ3) is 0.968. The van der Waals surface area contributed by atoms with Crippen molar-refractivity contribution in [2.45, 2.75) is 46.1 Å². The van der Waals surface area contributed by atoms with Crippen LogP contribution < -0.4 is 0 Å². The maximum Gasteiger partial charge on any atom is 0.0749 e. The van der Waals surface area contributed by atoms with Crippen molar-refractivity contribution in [1.29, 1.82) is 0 Å². The lowest BCUT2D eigenvalue weighted by Crippen LogP contribution is -2.53. The highest BCUT2D eigenvalue weighted by Crippen LogP contribution is 2.44. The van der Waals surface area contributed by atoms with Gasteiger partial charge in [-0.25, -0.2) is 0 Å². The molecule has 0 saturated carbocycles. The molecular weight excluding hydrogens is 124 g/mol. The Balaban J connectivity index is 2.65. The average molecular weight is 142 g/mol. The predicted molar refractivity (Wildman–Crippen MR) is 43.0 cm³/mol. The molecule has 0 aromatic heterocycles. The Morgan fingerprint density at radius 2 is 1.90 bits per heavy atom. The van der Waals surface area contributed by atoms with Gasteiger partial charge in [-0.05, 0) is 11.8 Å². The van der Waals surface area contributed by atoms with Gasteiger partial charge in [0.15, 0.2) is 0 Å². The number of hydrogen-bond donors (Lipinski definition) is 0. The fraction of sp³-hybridized carbons (Fsp3) is 1.00. The molecule has 0 aliphatic carbocycles. The summed E-state index contributed by atoms with van der Waals surface area (Å²) < 4.78 is 5.63. The van der Waals surface area contributed by atoms with Crippen LogP contribution >= 0.6 is 0 Å². The summed E-state index contributed by atoms with van der Waals surface area (Å²) in [5.74, 6) is 0. The molecule has 0 radical (unpaired) electrons. The van der Waals surface area contributed by atoms with Crippen molar-refractivity contribution in [3.8, 4) is 0 Å². The monoisotopic (exact) mass is 142 g/mol. The van der Waals surface area contributed by atoms with Crippen LogP contribution in [0.25, 0.3) is 0 Å². The van der Waals surface area contributed by atoms with Crippen molar-refractivity contribution in [3.05, 3.63) is 0 Å². The van der Waals surface area contributed by atoms with Crippen LogP contribution in [-0.2, 0) is 4.74 Å². The van der Waals surface area contributed by atoms with Crippen molar-refractivity contribution in [3.63, 3.8) is 0 Å². The van der Waals surface area contributed by atoms with E-state index in [-0.39, 0.29) is 5.60 Å². The molecule has 0 amide bonds. The van der Waals surface area contributed by atoms with E-state index in [4.69, 9.17) is 4.74 Å². The van der Waals surface area contributed by atoms with Gasteiger partial charge in [-0.2, -0.15) is 0 Å². The second-order valence-electron chi connectivity index (χ2n) is 4.20. The number of rotatable bonds is 1. The Labute approximate surface area is 63.8 Å². The first-order valence-electron chi connectivity index (χ1n) is 4.16. The maximum atomic E-state index is 5.63. The summed E-state index contributed by atoms with van der Waals surface area (Å²) in [6, 6.07) is 0. The van der Waals surface area contributed by atoms with Gasteiger partial charge in [-0.3, -0.25) is 0 Å². The van der Waals surface area contributed by atoms with Crippen LogP contribution in [0.2, 0.25) is 0 Å². The molecule has 0 aromatic rings. The van der Waals surface area contributed by atoms with Gasteiger partial charge in [-0.15, -0.1) is 0 Å². The first-order chi connectivity index (χ1) is 4.52. The van der Waals surface area contributed by atoms with Gasteiger partial charge in [0.1, 0.15) is 0 Å². The summed E-state index contributed by atoms with van der Waals surface area (Å²) in [5, 5.41) is 0. The van der Waals surface area contributed by atoms with Gasteiger partial charge in [0.2, 0.25) is 0 Å². The maximum absolute atomic E-state index is 5.63. The fourth-order valence-corrected chi connectivity index (χ4v) is 1.75. The minimum absolute atomic E-state index is 0.201. The Morgan fingerprint density at radius 3 is 1.90 bits per heavy atom. The SMILES string of the molecule is CCC1(C(C)(C)C)CCO1. The van der Waals surface area contributed by atoms with Crippen LogP contribution in [-0.4, -0.2) is 12.2 Å². The molecule has 1 atom stereocenters. The molecule has 1 aliphatic heterocycles. The summed E-state index contributed by atoms with van der Waals surface area (Å²) in [5.41, 5.74) is 0.521. The highest BCUT2D eigenvalue weighted by molar-refractivity contribution is 4.96. The van der Waals surface area contributed by atoms with Crippen LogP contribution in [0, 0.1) is 5.41 Å². The van der Waals surface area contributed by atoms with Crippen LogP contribution in [0.5, 0.6) is 0 Å². The molecule has 1 nitrogen and oxygen atoms in total. The Kier molecular flexibility index (Phi) is 1.80. The molecule has 1 fully saturated rings. The highest BCUT2D eigenvalue weighted by Gasteiger charge is 2.46. The molecular formula is C9H18O. The first-order valence-corrected chi connectivity index (χ1v) is 4.16. The van der Waals surface area contributed by atoms with Crippen LogP contribution in [0.15, 0.2) is 0 Å². The molecule has 1 heteroatoms. The number of hydrogen-bond acceptors (Lipinski definition) is 1. The first kappa shape index (κ1) is 8.06. The van der Waals surface area contributed by atoms with Gasteiger partial charge in [0, 0.05) is 6.42 Å². The summed E-state index contributed by atoms with van der Waals surface area (Å²) >= 11 is 0. The quantitative estimate of drug-likeness (QED) is 0.547. The van der Waals surface area contributed by atoms with Crippen LogP contribution in [0.3, 0.4) is 0 Å². The van der Waals surface area contributed by atoms with Gasteiger partial charge in [0.25, 0.3) is 0 Å². The Morgan fingerprint density at radius 1 is 1.40 bits per heavy atom. The van der Waals surface area contributed by atoms with Gasteiger partial charge in [0.05, 0.1) is 12.2 Å². The van der Waals surface area contributed by atoms with E-state index in [2.05, 4.69) is 27.7 Å². The summed E-state index contributed by atoms with van der Waals surface area (Å²) in [6.07, 6.45) is 2.39. The minimum atomic E-state index is 0.201. The normalized spacial score (nSPS) is 33.6. The zero-order chi connectivity index (χ0) is 7.83. The molecule has 1 heterocycles. The average Bonchev–Trinajstić information content (AvgIpc) is 1.58. The molecule has 0 spiro atoms. The number of ether oxygens (including phenoxy) is 1. The van der Waals surface area contributed by atoms with Gasteiger partial charge >= 0.3 is 0 Å². The molecule has 1 aliphatic rings. The lowest BCUT2D eigenvalue weighted by atomic mass is 9.70. The second-order valence-corrected chi connectivity index (χ2v) is 4.20. The van der Waals surface area contributed by atoms with Gasteiger partial charge in [-0.1, -0.05) is 27.7 Å². The minimum Gasteiger partial charge on any atom is -0.374 e. The molecule has 1 saturated heterocycles. The molecule has 60 valence electrons. The zero-order valence-electron chi connectivity index (χ0n) is 7.53. The Hall–Kier alpha value is -0.0400. The largest absolute Gasteiger partial charge is 0.374 e. The molecule has 0 aromatic carbocycles. The Bertz CT molecular complexity index is 112. The topological polar surface area (TPSA) is 9.23 Å². The summed E-state index contributed by atoms with van der Waals surface area (Å²) in [4.78, 5) is 0. The summed E-state index contributed by atoms with van der Waals surface area (Å²) in [7, 11) is 0. The van der Waals surface area contributed by atoms with E-state index in [9.17, 15) is 0 Å². The van der Waals surface area contributed by atoms with Crippen molar-refractivity contribution >= 4 is 0 Å². The smallest absolute Gasteiger partial charge is 0.0749 e. The highest BCUT2D eigenvalue weighted by atomic mass is 16.5. The van der Waals surface area contributed by atoms with Crippen molar-refractivity contribution in [2.24, 2.45) is 5.41 Å². The van der Waals surface area contributed by atoms with E-state index in [1.165, 1.54) is 6.42 Å². The molecule has 0 bridgehead atoms. The van der Waals surface area contributed by atoms with Crippen molar-refractivity contribution < 1.29 is 4.74 Å². The van der Waals surface area contributed by atoms with Crippen LogP contribution in [0.1, 0.15) is 40.5 Å². The third-order valence-electron chi connectivity index (χ3n) is 2.82. The second kappa shape index (κ2) is 2.23. The van der Waals surface area contributed by atoms with E-state index in [0.29, 0.717) is 5.41 Å². The van der Waals surface area contributed by atoms with Gasteiger partial charge < -0.3 is 4.74 Å². The zero-order valence-corrected chi connectivity index (χ0v) is 7.53. The van der Waals surface area contributed by atoms with Crippen molar-refractivity contribution in [2.75, 3.05) is 6.61 Å². The van der Waals surface area contributed by atoms with E-state index in [1.54, 1.807) is 0 Å². The predicted octanol–water partition coefficient (Wildman–Crippen LogP) is 2.60. The molecule has 0 N–H and O–H groups in total. The van der Waals surface area contributed by atoms with Crippen molar-refractivity contribution in [1.82, 2.24) is 0 Å². The van der Waals surface area contributed by atoms with E-state index >= 15 is 0 Å². The lowest BCUT2D eigenvalue weighted by molar-refractivity contribution is -0.207. The fourth-order valence-electron chi connectivity index (χ4n) is 1.75. The van der Waals surface area contributed by atoms with E-state index < -0.39 is 0 Å².